The van der Waals surface area contributed by atoms with Crippen LogP contribution >= 0.6 is 0 Å². The summed E-state index contributed by atoms with van der Waals surface area (Å²) in [6.45, 7) is 5.17. The summed E-state index contributed by atoms with van der Waals surface area (Å²) in [7, 11) is -1.56. The largest absolute Gasteiger partial charge is 0.373 e. The summed E-state index contributed by atoms with van der Waals surface area (Å²) in [6.07, 6.45) is 0.801. The topological polar surface area (TPSA) is 40.6 Å². The van der Waals surface area contributed by atoms with Gasteiger partial charge >= 0.3 is 0 Å². The van der Waals surface area contributed by atoms with Crippen LogP contribution in [0.15, 0.2) is 47.4 Å². The standard InChI is InChI=1S/C18H22N2O2S/c1-14-9-10-18(15(2)13-14)23(21,22)20-12-6-11-19(3)16-7-4-5-8-17(16)20/h4-5,7-10,13H,6,11-12H2,1-3H3. The number of nitrogens with zero attached hydrogens (tertiary/aromatic N) is 2. The molecule has 0 saturated heterocycles. The zero-order valence-corrected chi connectivity index (χ0v) is 14.6. The third kappa shape index (κ3) is 2.81. The lowest BCUT2D eigenvalue weighted by Gasteiger charge is -2.26. The molecule has 1 heterocycles. The molecule has 0 saturated carbocycles. The van der Waals surface area contributed by atoms with Gasteiger partial charge in [0.05, 0.1) is 16.3 Å². The van der Waals surface area contributed by atoms with Gasteiger partial charge in [0.1, 0.15) is 0 Å². The number of sulfonamides is 1. The minimum Gasteiger partial charge on any atom is -0.373 e. The van der Waals surface area contributed by atoms with Gasteiger partial charge in [-0.1, -0.05) is 29.8 Å². The molecular weight excluding hydrogens is 308 g/mol. The highest BCUT2D eigenvalue weighted by atomic mass is 32.2. The average Bonchev–Trinajstić information content (AvgIpc) is 2.67. The second kappa shape index (κ2) is 5.89. The van der Waals surface area contributed by atoms with Crippen molar-refractivity contribution in [2.24, 2.45) is 0 Å². The van der Waals surface area contributed by atoms with E-state index < -0.39 is 10.0 Å². The zero-order chi connectivity index (χ0) is 16.6. The van der Waals surface area contributed by atoms with Crippen molar-refractivity contribution in [3.63, 3.8) is 0 Å². The number of fused-ring (bicyclic) bond motifs is 1. The fourth-order valence-electron chi connectivity index (χ4n) is 3.15. The summed E-state index contributed by atoms with van der Waals surface area (Å²) in [5.41, 5.74) is 3.57. The third-order valence-corrected chi connectivity index (χ3v) is 6.29. The van der Waals surface area contributed by atoms with E-state index in [0.717, 1.165) is 35.5 Å². The lowest BCUT2D eigenvalue weighted by atomic mass is 10.2. The van der Waals surface area contributed by atoms with Gasteiger partial charge in [0, 0.05) is 20.1 Å². The molecule has 2 aromatic rings. The molecule has 4 nitrogen and oxygen atoms in total. The Labute approximate surface area is 138 Å². The van der Waals surface area contributed by atoms with Gasteiger partial charge in [-0.2, -0.15) is 0 Å². The summed E-state index contributed by atoms with van der Waals surface area (Å²) >= 11 is 0. The molecule has 3 rings (SSSR count). The highest BCUT2D eigenvalue weighted by molar-refractivity contribution is 7.92. The number of rotatable bonds is 2. The Morgan fingerprint density at radius 2 is 1.65 bits per heavy atom. The highest BCUT2D eigenvalue weighted by Crippen LogP contribution is 2.35. The van der Waals surface area contributed by atoms with E-state index in [1.54, 1.807) is 10.4 Å². The van der Waals surface area contributed by atoms with Crippen LogP contribution in [0.2, 0.25) is 0 Å². The molecule has 0 atom stereocenters. The molecule has 0 aliphatic carbocycles. The monoisotopic (exact) mass is 330 g/mol. The van der Waals surface area contributed by atoms with E-state index >= 15 is 0 Å². The molecule has 0 aromatic heterocycles. The van der Waals surface area contributed by atoms with E-state index in [1.165, 1.54) is 0 Å². The Balaban J connectivity index is 2.14. The maximum absolute atomic E-state index is 13.2. The van der Waals surface area contributed by atoms with Crippen molar-refractivity contribution >= 4 is 21.4 Å². The summed E-state index contributed by atoms with van der Waals surface area (Å²) in [5.74, 6) is 0. The van der Waals surface area contributed by atoms with Crippen LogP contribution in [-0.2, 0) is 10.0 Å². The summed E-state index contributed by atoms with van der Waals surface area (Å²) in [5, 5.41) is 0. The quantitative estimate of drug-likeness (QED) is 0.848. The second-order valence-corrected chi connectivity index (χ2v) is 7.94. The molecule has 0 fully saturated rings. The maximum atomic E-state index is 13.2. The fourth-order valence-corrected chi connectivity index (χ4v) is 4.87. The van der Waals surface area contributed by atoms with E-state index in [4.69, 9.17) is 0 Å². The number of hydrogen-bond donors (Lipinski definition) is 0. The fraction of sp³-hybridized carbons (Fsp3) is 0.333. The first-order chi connectivity index (χ1) is 10.9. The van der Waals surface area contributed by atoms with Crippen molar-refractivity contribution < 1.29 is 8.42 Å². The van der Waals surface area contributed by atoms with Gasteiger partial charge in [-0.15, -0.1) is 0 Å². The molecule has 0 bridgehead atoms. The number of hydrogen-bond acceptors (Lipinski definition) is 3. The predicted molar refractivity (Wildman–Crippen MR) is 94.8 cm³/mol. The van der Waals surface area contributed by atoms with Gasteiger partial charge in [0.2, 0.25) is 0 Å². The molecule has 0 spiro atoms. The molecule has 1 aliphatic heterocycles. The van der Waals surface area contributed by atoms with Crippen LogP contribution in [0.4, 0.5) is 11.4 Å². The summed E-state index contributed by atoms with van der Waals surface area (Å²) in [4.78, 5) is 2.51. The van der Waals surface area contributed by atoms with Gasteiger partial charge in [-0.05, 0) is 44.0 Å². The van der Waals surface area contributed by atoms with Crippen LogP contribution in [-0.4, -0.2) is 28.6 Å². The van der Waals surface area contributed by atoms with E-state index in [9.17, 15) is 8.42 Å². The number of anilines is 2. The first-order valence-electron chi connectivity index (χ1n) is 7.81. The highest BCUT2D eigenvalue weighted by Gasteiger charge is 2.30. The van der Waals surface area contributed by atoms with Crippen LogP contribution in [0.3, 0.4) is 0 Å². The van der Waals surface area contributed by atoms with Crippen molar-refractivity contribution in [1.29, 1.82) is 0 Å². The van der Waals surface area contributed by atoms with Gasteiger partial charge in [0.15, 0.2) is 0 Å². The van der Waals surface area contributed by atoms with Crippen molar-refractivity contribution in [1.82, 2.24) is 0 Å². The van der Waals surface area contributed by atoms with Gasteiger partial charge in [-0.25, -0.2) is 8.42 Å². The number of para-hydroxylation sites is 2. The predicted octanol–water partition coefficient (Wildman–Crippen LogP) is 3.34. The Kier molecular flexibility index (Phi) is 4.06. The maximum Gasteiger partial charge on any atom is 0.264 e. The molecule has 5 heteroatoms. The third-order valence-electron chi connectivity index (χ3n) is 4.31. The molecule has 23 heavy (non-hydrogen) atoms. The molecular formula is C18H22N2O2S. The van der Waals surface area contributed by atoms with Gasteiger partial charge in [-0.3, -0.25) is 4.31 Å². The van der Waals surface area contributed by atoms with Crippen LogP contribution in [0.25, 0.3) is 0 Å². The van der Waals surface area contributed by atoms with Crippen molar-refractivity contribution in [3.8, 4) is 0 Å². The van der Waals surface area contributed by atoms with Crippen LogP contribution in [0.1, 0.15) is 17.5 Å². The molecule has 2 aromatic carbocycles. The molecule has 0 radical (unpaired) electrons. The van der Waals surface area contributed by atoms with Crippen LogP contribution < -0.4 is 9.21 Å². The second-order valence-electron chi connectivity index (χ2n) is 6.11. The average molecular weight is 330 g/mol. The van der Waals surface area contributed by atoms with Crippen LogP contribution in [0.5, 0.6) is 0 Å². The summed E-state index contributed by atoms with van der Waals surface area (Å²) in [6, 6.07) is 13.2. The van der Waals surface area contributed by atoms with Crippen molar-refractivity contribution in [2.45, 2.75) is 25.2 Å². The Hall–Kier alpha value is -2.01. The molecule has 122 valence electrons. The van der Waals surface area contributed by atoms with Gasteiger partial charge < -0.3 is 4.90 Å². The Morgan fingerprint density at radius 3 is 2.35 bits per heavy atom. The Bertz CT molecular complexity index is 831. The Morgan fingerprint density at radius 1 is 0.957 bits per heavy atom. The molecule has 0 N–H and O–H groups in total. The normalized spacial score (nSPS) is 15.3. The minimum atomic E-state index is -3.56. The SMILES string of the molecule is Cc1ccc(S(=O)(=O)N2CCCN(C)c3ccccc32)c(C)c1. The van der Waals surface area contributed by atoms with Crippen molar-refractivity contribution in [2.75, 3.05) is 29.3 Å². The van der Waals surface area contributed by atoms with E-state index in [0.29, 0.717) is 11.4 Å². The van der Waals surface area contributed by atoms with E-state index in [2.05, 4.69) is 4.90 Å². The summed E-state index contributed by atoms with van der Waals surface area (Å²) < 4.78 is 28.1. The number of benzene rings is 2. The molecule has 1 aliphatic rings. The lowest BCUT2D eigenvalue weighted by molar-refractivity contribution is 0.589. The van der Waals surface area contributed by atoms with Crippen LogP contribution in [0, 0.1) is 13.8 Å². The zero-order valence-electron chi connectivity index (χ0n) is 13.8. The smallest absolute Gasteiger partial charge is 0.264 e. The van der Waals surface area contributed by atoms with E-state index in [-0.39, 0.29) is 0 Å². The molecule has 0 amide bonds. The van der Waals surface area contributed by atoms with Crippen molar-refractivity contribution in [3.05, 3.63) is 53.6 Å². The number of aryl methyl sites for hydroxylation is 2. The van der Waals surface area contributed by atoms with E-state index in [1.807, 2.05) is 57.3 Å². The molecule has 0 unspecified atom stereocenters. The minimum absolute atomic E-state index is 0.391. The lowest BCUT2D eigenvalue weighted by Crippen LogP contribution is -2.32. The van der Waals surface area contributed by atoms with Gasteiger partial charge in [0.25, 0.3) is 10.0 Å². The first kappa shape index (κ1) is 15.9. The first-order valence-corrected chi connectivity index (χ1v) is 9.25.